The molecule has 1 amide bonds. The van der Waals surface area contributed by atoms with Crippen molar-refractivity contribution >= 4 is 11.6 Å². The SMILES string of the molecule is C=CCOc1cccc(NC(=O)[C@@H](CC)Oc2ccc(C)cc2)c1. The first-order valence-corrected chi connectivity index (χ1v) is 8.00. The summed E-state index contributed by atoms with van der Waals surface area (Å²) in [5, 5.41) is 2.87. The van der Waals surface area contributed by atoms with Crippen LogP contribution in [0.1, 0.15) is 18.9 Å². The average molecular weight is 325 g/mol. The molecule has 2 aromatic rings. The summed E-state index contributed by atoms with van der Waals surface area (Å²) in [4.78, 5) is 12.4. The van der Waals surface area contributed by atoms with Gasteiger partial charge in [-0.05, 0) is 37.6 Å². The molecule has 1 N–H and O–H groups in total. The van der Waals surface area contributed by atoms with Crippen LogP contribution in [0.2, 0.25) is 0 Å². The molecular formula is C20H23NO3. The quantitative estimate of drug-likeness (QED) is 0.734. The average Bonchev–Trinajstić information content (AvgIpc) is 2.59. The summed E-state index contributed by atoms with van der Waals surface area (Å²) < 4.78 is 11.3. The Morgan fingerprint density at radius 1 is 1.21 bits per heavy atom. The number of amides is 1. The van der Waals surface area contributed by atoms with Crippen LogP contribution >= 0.6 is 0 Å². The van der Waals surface area contributed by atoms with E-state index in [1.807, 2.05) is 56.3 Å². The van der Waals surface area contributed by atoms with Gasteiger partial charge in [-0.3, -0.25) is 4.79 Å². The van der Waals surface area contributed by atoms with Crippen molar-refractivity contribution in [3.05, 3.63) is 66.7 Å². The molecule has 0 saturated carbocycles. The Kier molecular flexibility index (Phi) is 6.43. The molecule has 0 saturated heterocycles. The highest BCUT2D eigenvalue weighted by atomic mass is 16.5. The fourth-order valence-electron chi connectivity index (χ4n) is 2.14. The number of carbonyl (C=O) groups is 1. The van der Waals surface area contributed by atoms with E-state index in [0.29, 0.717) is 30.2 Å². The van der Waals surface area contributed by atoms with Crippen LogP contribution in [0.4, 0.5) is 5.69 Å². The van der Waals surface area contributed by atoms with Crippen LogP contribution in [0.5, 0.6) is 11.5 Å². The molecule has 0 unspecified atom stereocenters. The van der Waals surface area contributed by atoms with Crippen molar-refractivity contribution < 1.29 is 14.3 Å². The largest absolute Gasteiger partial charge is 0.489 e. The van der Waals surface area contributed by atoms with E-state index in [2.05, 4.69) is 11.9 Å². The van der Waals surface area contributed by atoms with Crippen LogP contribution in [0, 0.1) is 6.92 Å². The number of ether oxygens (including phenoxy) is 2. The van der Waals surface area contributed by atoms with Crippen molar-refractivity contribution in [2.75, 3.05) is 11.9 Å². The zero-order valence-corrected chi connectivity index (χ0v) is 14.1. The van der Waals surface area contributed by atoms with E-state index >= 15 is 0 Å². The second-order valence-electron chi connectivity index (χ2n) is 5.44. The molecule has 0 fully saturated rings. The van der Waals surface area contributed by atoms with Crippen molar-refractivity contribution in [3.8, 4) is 11.5 Å². The minimum atomic E-state index is -0.551. The van der Waals surface area contributed by atoms with Crippen molar-refractivity contribution in [1.29, 1.82) is 0 Å². The maximum absolute atomic E-state index is 12.4. The van der Waals surface area contributed by atoms with Crippen molar-refractivity contribution in [2.45, 2.75) is 26.4 Å². The molecule has 0 bridgehead atoms. The molecule has 1 atom stereocenters. The van der Waals surface area contributed by atoms with E-state index in [1.165, 1.54) is 0 Å². The Morgan fingerprint density at radius 3 is 2.62 bits per heavy atom. The van der Waals surface area contributed by atoms with Crippen LogP contribution in [-0.4, -0.2) is 18.6 Å². The molecular weight excluding hydrogens is 302 g/mol. The zero-order valence-electron chi connectivity index (χ0n) is 14.1. The molecule has 0 heterocycles. The number of anilines is 1. The summed E-state index contributed by atoms with van der Waals surface area (Å²) in [5.41, 5.74) is 1.82. The lowest BCUT2D eigenvalue weighted by Crippen LogP contribution is -2.32. The summed E-state index contributed by atoms with van der Waals surface area (Å²) in [6.07, 6.45) is 1.70. The monoisotopic (exact) mass is 325 g/mol. The van der Waals surface area contributed by atoms with E-state index < -0.39 is 6.10 Å². The highest BCUT2D eigenvalue weighted by Gasteiger charge is 2.18. The Balaban J connectivity index is 2.00. The van der Waals surface area contributed by atoms with Gasteiger partial charge in [0.05, 0.1) is 0 Å². The highest BCUT2D eigenvalue weighted by Crippen LogP contribution is 2.19. The summed E-state index contributed by atoms with van der Waals surface area (Å²) in [6.45, 7) is 7.96. The molecule has 4 heteroatoms. The standard InChI is InChI=1S/C20H23NO3/c1-4-13-23-18-8-6-7-16(14-18)21-20(22)19(5-2)24-17-11-9-15(3)10-12-17/h4,6-12,14,19H,1,5,13H2,2-3H3,(H,21,22)/t19-/m1/s1. The second-order valence-corrected chi connectivity index (χ2v) is 5.44. The molecule has 24 heavy (non-hydrogen) atoms. The lowest BCUT2D eigenvalue weighted by atomic mass is 10.2. The van der Waals surface area contributed by atoms with Crippen LogP contribution in [0.15, 0.2) is 61.2 Å². The molecule has 0 radical (unpaired) electrons. The van der Waals surface area contributed by atoms with E-state index in [4.69, 9.17) is 9.47 Å². The lowest BCUT2D eigenvalue weighted by molar-refractivity contribution is -0.122. The second kappa shape index (κ2) is 8.77. The molecule has 126 valence electrons. The van der Waals surface area contributed by atoms with Gasteiger partial charge in [-0.25, -0.2) is 0 Å². The first-order chi connectivity index (χ1) is 11.6. The van der Waals surface area contributed by atoms with Gasteiger partial charge in [0.15, 0.2) is 6.10 Å². The minimum Gasteiger partial charge on any atom is -0.489 e. The molecule has 0 spiro atoms. The summed E-state index contributed by atoms with van der Waals surface area (Å²) in [7, 11) is 0. The number of hydrogen-bond acceptors (Lipinski definition) is 3. The number of benzene rings is 2. The number of rotatable bonds is 8. The van der Waals surface area contributed by atoms with Gasteiger partial charge in [0.1, 0.15) is 18.1 Å². The van der Waals surface area contributed by atoms with Gasteiger partial charge >= 0.3 is 0 Å². The van der Waals surface area contributed by atoms with E-state index in [-0.39, 0.29) is 5.91 Å². The number of hydrogen-bond donors (Lipinski definition) is 1. The molecule has 0 aromatic heterocycles. The molecule has 4 nitrogen and oxygen atoms in total. The lowest BCUT2D eigenvalue weighted by Gasteiger charge is -2.17. The molecule has 0 aliphatic carbocycles. The fourth-order valence-corrected chi connectivity index (χ4v) is 2.14. The number of carbonyl (C=O) groups excluding carboxylic acids is 1. The summed E-state index contributed by atoms with van der Waals surface area (Å²) in [6, 6.07) is 14.9. The maximum atomic E-state index is 12.4. The summed E-state index contributed by atoms with van der Waals surface area (Å²) in [5.74, 6) is 1.19. The number of nitrogens with one attached hydrogen (secondary N) is 1. The molecule has 0 aliphatic rings. The maximum Gasteiger partial charge on any atom is 0.265 e. The molecule has 2 rings (SSSR count). The smallest absolute Gasteiger partial charge is 0.265 e. The molecule has 2 aromatic carbocycles. The van der Waals surface area contributed by atoms with E-state index in [0.717, 1.165) is 5.56 Å². The van der Waals surface area contributed by atoms with Crippen molar-refractivity contribution in [3.63, 3.8) is 0 Å². The Morgan fingerprint density at radius 2 is 1.96 bits per heavy atom. The van der Waals surface area contributed by atoms with Gasteiger partial charge in [-0.2, -0.15) is 0 Å². The third kappa shape index (κ3) is 5.16. The zero-order chi connectivity index (χ0) is 17.4. The van der Waals surface area contributed by atoms with Gasteiger partial charge < -0.3 is 14.8 Å². The normalized spacial score (nSPS) is 11.4. The van der Waals surface area contributed by atoms with Crippen molar-refractivity contribution in [2.24, 2.45) is 0 Å². The summed E-state index contributed by atoms with van der Waals surface area (Å²) >= 11 is 0. The van der Waals surface area contributed by atoms with Gasteiger partial charge in [0, 0.05) is 11.8 Å². The van der Waals surface area contributed by atoms with E-state index in [1.54, 1.807) is 12.1 Å². The minimum absolute atomic E-state index is 0.182. The van der Waals surface area contributed by atoms with Crippen LogP contribution in [0.3, 0.4) is 0 Å². The van der Waals surface area contributed by atoms with E-state index in [9.17, 15) is 4.79 Å². The predicted molar refractivity (Wildman–Crippen MR) is 96.6 cm³/mol. The predicted octanol–water partition coefficient (Wildman–Crippen LogP) is 4.36. The third-order valence-electron chi connectivity index (χ3n) is 3.43. The first kappa shape index (κ1) is 17.6. The third-order valence-corrected chi connectivity index (χ3v) is 3.43. The Bertz CT molecular complexity index is 680. The van der Waals surface area contributed by atoms with Crippen LogP contribution < -0.4 is 14.8 Å². The fraction of sp³-hybridized carbons (Fsp3) is 0.250. The Hall–Kier alpha value is -2.75. The highest BCUT2D eigenvalue weighted by molar-refractivity contribution is 5.94. The van der Waals surface area contributed by atoms with Gasteiger partial charge in [-0.15, -0.1) is 0 Å². The number of aryl methyl sites for hydroxylation is 1. The molecule has 0 aliphatic heterocycles. The van der Waals surface area contributed by atoms with Gasteiger partial charge in [-0.1, -0.05) is 43.3 Å². The van der Waals surface area contributed by atoms with Crippen LogP contribution in [0.25, 0.3) is 0 Å². The van der Waals surface area contributed by atoms with Gasteiger partial charge in [0.25, 0.3) is 5.91 Å². The van der Waals surface area contributed by atoms with Gasteiger partial charge in [0.2, 0.25) is 0 Å². The first-order valence-electron chi connectivity index (χ1n) is 8.00. The van der Waals surface area contributed by atoms with Crippen molar-refractivity contribution in [1.82, 2.24) is 0 Å². The van der Waals surface area contributed by atoms with Crippen LogP contribution in [-0.2, 0) is 4.79 Å². The topological polar surface area (TPSA) is 47.6 Å². The Labute approximate surface area is 143 Å².